The molecule has 190 valence electrons. The number of amides is 4. The van der Waals surface area contributed by atoms with Gasteiger partial charge in [-0.2, -0.15) is 11.8 Å². The van der Waals surface area contributed by atoms with Crippen LogP contribution in [0.5, 0.6) is 0 Å². The normalized spacial score (nSPS) is 15.3. The maximum absolute atomic E-state index is 12.8. The largest absolute Gasteiger partial charge is 0.480 e. The SMILES string of the molecule is CSCCC(NC(=O)C(N)C(C)O)C(=O)NC(CC(N)=O)C(=O)NC(Cc1cnc[nH]1)C(=O)O. The van der Waals surface area contributed by atoms with Gasteiger partial charge in [0.05, 0.1) is 18.9 Å². The summed E-state index contributed by atoms with van der Waals surface area (Å²) in [6, 6.07) is -5.29. The number of carbonyl (C=O) groups excluding carboxylic acids is 4. The molecule has 0 aliphatic carbocycles. The smallest absolute Gasteiger partial charge is 0.326 e. The predicted octanol–water partition coefficient (Wildman–Crippen LogP) is -3.17. The van der Waals surface area contributed by atoms with Crippen LogP contribution < -0.4 is 27.4 Å². The lowest BCUT2D eigenvalue weighted by Gasteiger charge is -2.25. The monoisotopic (exact) mass is 501 g/mol. The van der Waals surface area contributed by atoms with Crippen LogP contribution >= 0.6 is 11.8 Å². The van der Waals surface area contributed by atoms with E-state index in [1.165, 1.54) is 31.2 Å². The molecule has 0 fully saturated rings. The number of hydrogen-bond donors (Lipinski definition) is 8. The van der Waals surface area contributed by atoms with Crippen molar-refractivity contribution in [3.8, 4) is 0 Å². The van der Waals surface area contributed by atoms with Crippen LogP contribution in [-0.2, 0) is 30.4 Å². The second-order valence-corrected chi connectivity index (χ2v) is 8.51. The Balaban J connectivity index is 2.97. The third-order valence-electron chi connectivity index (χ3n) is 4.70. The highest BCUT2D eigenvalue weighted by molar-refractivity contribution is 7.98. The Hall–Kier alpha value is -3.17. The summed E-state index contributed by atoms with van der Waals surface area (Å²) < 4.78 is 0. The number of H-pyrrole nitrogens is 1. The first-order valence-electron chi connectivity index (χ1n) is 10.3. The van der Waals surface area contributed by atoms with E-state index in [1.807, 2.05) is 0 Å². The number of carbonyl (C=O) groups is 5. The van der Waals surface area contributed by atoms with Crippen molar-refractivity contribution in [2.45, 2.75) is 56.5 Å². The Bertz CT molecular complexity index is 850. The molecule has 0 saturated carbocycles. The summed E-state index contributed by atoms with van der Waals surface area (Å²) >= 11 is 1.40. The number of nitrogens with zero attached hydrogens (tertiary/aromatic N) is 1. The van der Waals surface area contributed by atoms with Crippen molar-refractivity contribution in [2.24, 2.45) is 11.5 Å². The van der Waals surface area contributed by atoms with Crippen molar-refractivity contribution >= 4 is 41.4 Å². The third kappa shape index (κ3) is 9.76. The fraction of sp³-hybridized carbons (Fsp3) is 0.579. The molecule has 0 aliphatic rings. The van der Waals surface area contributed by atoms with Gasteiger partial charge in [0.1, 0.15) is 24.2 Å². The van der Waals surface area contributed by atoms with E-state index in [0.717, 1.165) is 0 Å². The number of aliphatic hydroxyl groups excluding tert-OH is 1. The van der Waals surface area contributed by atoms with Crippen LogP contribution in [0.2, 0.25) is 0 Å². The fourth-order valence-electron chi connectivity index (χ4n) is 2.76. The fourth-order valence-corrected chi connectivity index (χ4v) is 3.23. The van der Waals surface area contributed by atoms with Gasteiger partial charge in [0.25, 0.3) is 0 Å². The van der Waals surface area contributed by atoms with E-state index in [4.69, 9.17) is 11.5 Å². The number of aromatic nitrogens is 2. The average molecular weight is 502 g/mol. The average Bonchev–Trinajstić information content (AvgIpc) is 3.27. The van der Waals surface area contributed by atoms with Crippen LogP contribution in [-0.4, -0.2) is 92.1 Å². The molecule has 0 radical (unpaired) electrons. The number of carboxylic acids is 1. The van der Waals surface area contributed by atoms with Crippen molar-refractivity contribution in [1.82, 2.24) is 25.9 Å². The third-order valence-corrected chi connectivity index (χ3v) is 5.34. The highest BCUT2D eigenvalue weighted by Gasteiger charge is 2.31. The molecule has 1 rings (SSSR count). The Morgan fingerprint density at radius 2 is 1.68 bits per heavy atom. The minimum Gasteiger partial charge on any atom is -0.480 e. The van der Waals surface area contributed by atoms with Crippen LogP contribution in [0, 0.1) is 0 Å². The topological polar surface area (TPSA) is 243 Å². The predicted molar refractivity (Wildman–Crippen MR) is 122 cm³/mol. The minimum atomic E-state index is -1.49. The molecule has 4 amide bonds. The van der Waals surface area contributed by atoms with Gasteiger partial charge < -0.3 is 42.6 Å². The van der Waals surface area contributed by atoms with Crippen molar-refractivity contribution in [3.63, 3.8) is 0 Å². The summed E-state index contributed by atoms with van der Waals surface area (Å²) in [6.45, 7) is 1.32. The zero-order valence-corrected chi connectivity index (χ0v) is 19.6. The molecule has 1 aromatic heterocycles. The Morgan fingerprint density at radius 3 is 2.18 bits per heavy atom. The molecular formula is C19H31N7O7S. The zero-order valence-electron chi connectivity index (χ0n) is 18.8. The number of imidazole rings is 1. The number of rotatable bonds is 15. The standard InChI is InChI=1S/C19H31N7O7S/c1-9(27)15(21)18(31)24-11(3-4-34-2)16(29)25-12(6-14(20)28)17(30)26-13(19(32)33)5-10-7-22-8-23-10/h7-9,11-13,15,27H,3-6,21H2,1-2H3,(H2,20,28)(H,22,23)(H,24,31)(H,25,29)(H,26,30)(H,32,33). The lowest BCUT2D eigenvalue weighted by Crippen LogP contribution is -2.58. The van der Waals surface area contributed by atoms with Gasteiger partial charge in [-0.1, -0.05) is 0 Å². The number of primary amides is 1. The van der Waals surface area contributed by atoms with E-state index in [0.29, 0.717) is 11.4 Å². The zero-order chi connectivity index (χ0) is 25.8. The van der Waals surface area contributed by atoms with Crippen LogP contribution in [0.25, 0.3) is 0 Å². The molecule has 15 heteroatoms. The van der Waals surface area contributed by atoms with Crippen molar-refractivity contribution in [3.05, 3.63) is 18.2 Å². The van der Waals surface area contributed by atoms with E-state index in [1.54, 1.807) is 6.26 Å². The first-order valence-corrected chi connectivity index (χ1v) is 11.7. The maximum Gasteiger partial charge on any atom is 0.326 e. The summed E-state index contributed by atoms with van der Waals surface area (Å²) in [5.41, 5.74) is 11.2. The Morgan fingerprint density at radius 1 is 1.09 bits per heavy atom. The number of nitrogens with one attached hydrogen (secondary N) is 4. The van der Waals surface area contributed by atoms with Gasteiger partial charge in [-0.25, -0.2) is 9.78 Å². The number of carboxylic acid groups (broad SMARTS) is 1. The molecule has 0 bridgehead atoms. The molecule has 5 atom stereocenters. The molecule has 0 aliphatic heterocycles. The van der Waals surface area contributed by atoms with Crippen LogP contribution in [0.4, 0.5) is 0 Å². The highest BCUT2D eigenvalue weighted by Crippen LogP contribution is 2.05. The number of aliphatic hydroxyl groups is 1. The minimum absolute atomic E-state index is 0.123. The molecule has 14 nitrogen and oxygen atoms in total. The van der Waals surface area contributed by atoms with Crippen molar-refractivity contribution in [1.29, 1.82) is 0 Å². The quantitative estimate of drug-likeness (QED) is 0.120. The first kappa shape index (κ1) is 28.9. The number of hydrogen-bond acceptors (Lipinski definition) is 9. The number of aliphatic carboxylic acids is 1. The Kier molecular flexibility index (Phi) is 12.0. The summed E-state index contributed by atoms with van der Waals surface area (Å²) in [4.78, 5) is 67.4. The molecule has 0 spiro atoms. The van der Waals surface area contributed by atoms with Crippen molar-refractivity contribution in [2.75, 3.05) is 12.0 Å². The van der Waals surface area contributed by atoms with Gasteiger partial charge in [0, 0.05) is 18.3 Å². The number of aromatic amines is 1. The summed E-state index contributed by atoms with van der Waals surface area (Å²) in [6.07, 6.45) is 2.79. The summed E-state index contributed by atoms with van der Waals surface area (Å²) in [5, 5.41) is 26.0. The van der Waals surface area contributed by atoms with E-state index < -0.39 is 66.3 Å². The molecule has 34 heavy (non-hydrogen) atoms. The highest BCUT2D eigenvalue weighted by atomic mass is 32.2. The Labute approximate surface area is 200 Å². The lowest BCUT2D eigenvalue weighted by molar-refractivity contribution is -0.142. The van der Waals surface area contributed by atoms with Crippen LogP contribution in [0.15, 0.2) is 12.5 Å². The lowest BCUT2D eigenvalue weighted by atomic mass is 10.1. The van der Waals surface area contributed by atoms with Gasteiger partial charge in [0.2, 0.25) is 23.6 Å². The van der Waals surface area contributed by atoms with Gasteiger partial charge in [0.15, 0.2) is 0 Å². The maximum atomic E-state index is 12.8. The molecule has 5 unspecified atom stereocenters. The molecule has 10 N–H and O–H groups in total. The van der Waals surface area contributed by atoms with Gasteiger partial charge in [-0.15, -0.1) is 0 Å². The van der Waals surface area contributed by atoms with Gasteiger partial charge in [-0.05, 0) is 25.4 Å². The van der Waals surface area contributed by atoms with Gasteiger partial charge in [-0.3, -0.25) is 19.2 Å². The summed E-state index contributed by atoms with van der Waals surface area (Å²) in [7, 11) is 0. The molecule has 0 aromatic carbocycles. The van der Waals surface area contributed by atoms with Crippen LogP contribution in [0.1, 0.15) is 25.5 Å². The van der Waals surface area contributed by atoms with Crippen LogP contribution in [0.3, 0.4) is 0 Å². The van der Waals surface area contributed by atoms with E-state index >= 15 is 0 Å². The molecule has 1 heterocycles. The van der Waals surface area contributed by atoms with Gasteiger partial charge >= 0.3 is 5.97 Å². The van der Waals surface area contributed by atoms with E-state index in [9.17, 15) is 34.2 Å². The molecule has 0 saturated heterocycles. The second-order valence-electron chi connectivity index (χ2n) is 7.52. The second kappa shape index (κ2) is 14.2. The molecule has 1 aromatic rings. The van der Waals surface area contributed by atoms with E-state index in [2.05, 4.69) is 25.9 Å². The first-order chi connectivity index (χ1) is 16.0. The van der Waals surface area contributed by atoms with Crippen molar-refractivity contribution < 1.29 is 34.2 Å². The number of nitrogens with two attached hydrogens (primary N) is 2. The molecular weight excluding hydrogens is 470 g/mol. The summed E-state index contributed by atoms with van der Waals surface area (Å²) in [5.74, 6) is -4.33. The number of thioether (sulfide) groups is 1. The van der Waals surface area contributed by atoms with E-state index in [-0.39, 0.29) is 12.8 Å².